The Morgan fingerprint density at radius 2 is 1.31 bits per heavy atom. The maximum absolute atomic E-state index is 6.19. The van der Waals surface area contributed by atoms with E-state index in [0.717, 1.165) is 40.0 Å². The van der Waals surface area contributed by atoms with Crippen molar-refractivity contribution in [1.82, 2.24) is 0 Å². The molecule has 0 saturated heterocycles. The molecule has 2 aromatic carbocycles. The molecule has 142 valence electrons. The molecule has 0 spiro atoms. The molecule has 0 unspecified atom stereocenters. The molecule has 26 heavy (non-hydrogen) atoms. The highest BCUT2D eigenvalue weighted by atomic mass is 16.5. The highest BCUT2D eigenvalue weighted by Gasteiger charge is 2.18. The Morgan fingerprint density at radius 3 is 1.92 bits per heavy atom. The molecule has 0 radical (unpaired) electrons. The Bertz CT molecular complexity index is 672. The fourth-order valence-electron chi connectivity index (χ4n) is 2.63. The van der Waals surface area contributed by atoms with Gasteiger partial charge in [-0.15, -0.1) is 0 Å². The molecule has 0 aliphatic rings. The fourth-order valence-corrected chi connectivity index (χ4v) is 2.63. The molecule has 4 nitrogen and oxygen atoms in total. The van der Waals surface area contributed by atoms with Crippen molar-refractivity contribution < 1.29 is 13.7 Å². The van der Waals surface area contributed by atoms with Crippen LogP contribution >= 0.6 is 0 Å². The van der Waals surface area contributed by atoms with Crippen LogP contribution in [0.4, 0.5) is 11.4 Å². The lowest BCUT2D eigenvalue weighted by Gasteiger charge is -2.31. The third kappa shape index (κ3) is 6.70. The van der Waals surface area contributed by atoms with Crippen molar-refractivity contribution >= 4 is 11.4 Å². The summed E-state index contributed by atoms with van der Waals surface area (Å²) in [7, 11) is 13.2. The van der Waals surface area contributed by atoms with Crippen LogP contribution in [-0.4, -0.2) is 77.5 Å². The second-order valence-electron chi connectivity index (χ2n) is 8.83. The van der Waals surface area contributed by atoms with E-state index in [1.807, 2.05) is 6.07 Å². The molecule has 0 bridgehead atoms. The highest BCUT2D eigenvalue weighted by Crippen LogP contribution is 2.33. The van der Waals surface area contributed by atoms with Gasteiger partial charge in [0.2, 0.25) is 0 Å². The van der Waals surface area contributed by atoms with Crippen molar-refractivity contribution in [2.75, 3.05) is 73.4 Å². The molecule has 0 N–H and O–H groups in total. The normalized spacial score (nSPS) is 12.1. The van der Waals surface area contributed by atoms with Crippen LogP contribution in [0.3, 0.4) is 0 Å². The van der Waals surface area contributed by atoms with Crippen molar-refractivity contribution in [3.63, 3.8) is 0 Å². The summed E-state index contributed by atoms with van der Waals surface area (Å²) in [5.41, 5.74) is 2.33. The maximum Gasteiger partial charge on any atom is 0.143 e. The first-order chi connectivity index (χ1) is 12.2. The van der Waals surface area contributed by atoms with E-state index in [4.69, 9.17) is 4.74 Å². The van der Waals surface area contributed by atoms with E-state index in [1.165, 1.54) is 5.69 Å². The molecule has 2 aromatic rings. The quantitative estimate of drug-likeness (QED) is 0.636. The van der Waals surface area contributed by atoms with Crippen LogP contribution in [0.15, 0.2) is 54.6 Å². The number of hydrogen-bond donors (Lipinski definition) is 0. The average molecular weight is 358 g/mol. The van der Waals surface area contributed by atoms with E-state index in [1.54, 1.807) is 0 Å². The Kier molecular flexibility index (Phi) is 6.68. The van der Waals surface area contributed by atoms with Gasteiger partial charge in [-0.05, 0) is 24.3 Å². The van der Waals surface area contributed by atoms with Crippen molar-refractivity contribution in [3.8, 4) is 5.75 Å². The number of rotatable bonds is 9. The number of ether oxygens (including phenoxy) is 1. The van der Waals surface area contributed by atoms with Crippen LogP contribution in [0, 0.1) is 0 Å². The molecular formula is C22H35N3O+2. The summed E-state index contributed by atoms with van der Waals surface area (Å²) in [6, 6.07) is 18.9. The predicted molar refractivity (Wildman–Crippen MR) is 111 cm³/mol. The van der Waals surface area contributed by atoms with Crippen LogP contribution in [-0.2, 0) is 0 Å². The third-order valence-electron chi connectivity index (χ3n) is 4.24. The van der Waals surface area contributed by atoms with Crippen LogP contribution in [0.25, 0.3) is 0 Å². The average Bonchev–Trinajstić information content (AvgIpc) is 2.55. The summed E-state index contributed by atoms with van der Waals surface area (Å²) in [5.74, 6) is 0.950. The number of nitrogens with zero attached hydrogens (tertiary/aromatic N) is 3. The van der Waals surface area contributed by atoms with Crippen molar-refractivity contribution in [2.24, 2.45) is 0 Å². The Morgan fingerprint density at radius 1 is 0.731 bits per heavy atom. The Balaban J connectivity index is 2.26. The maximum atomic E-state index is 6.19. The summed E-state index contributed by atoms with van der Waals surface area (Å²) >= 11 is 0. The lowest BCUT2D eigenvalue weighted by atomic mass is 10.2. The molecule has 0 fully saturated rings. The smallest absolute Gasteiger partial charge is 0.143 e. The van der Waals surface area contributed by atoms with Gasteiger partial charge < -0.3 is 18.6 Å². The summed E-state index contributed by atoms with van der Waals surface area (Å²) in [4.78, 5) is 2.37. The zero-order chi connectivity index (χ0) is 19.2. The lowest BCUT2D eigenvalue weighted by Crippen LogP contribution is -2.41. The van der Waals surface area contributed by atoms with Crippen LogP contribution in [0.5, 0.6) is 5.75 Å². The summed E-state index contributed by atoms with van der Waals surface area (Å²) < 4.78 is 8.00. The number of para-hydroxylation sites is 3. The summed E-state index contributed by atoms with van der Waals surface area (Å²) in [6.07, 6.45) is 0. The molecule has 0 aliphatic heterocycles. The van der Waals surface area contributed by atoms with E-state index in [-0.39, 0.29) is 0 Å². The van der Waals surface area contributed by atoms with E-state index in [2.05, 4.69) is 95.7 Å². The first kappa shape index (κ1) is 20.3. The van der Waals surface area contributed by atoms with Gasteiger partial charge in [0, 0.05) is 5.69 Å². The first-order valence-electron chi connectivity index (χ1n) is 9.31. The van der Waals surface area contributed by atoms with Crippen molar-refractivity contribution in [1.29, 1.82) is 0 Å². The summed E-state index contributed by atoms with van der Waals surface area (Å²) in [5, 5.41) is 0. The molecule has 0 aliphatic carbocycles. The Hall–Kier alpha value is -2.04. The Labute approximate surface area is 159 Å². The SMILES string of the molecule is C[N+](C)(C)CCOc1ccccc1N(CC[N+](C)(C)C)c1ccccc1. The molecule has 0 saturated carbocycles. The molecule has 0 aromatic heterocycles. The van der Waals surface area contributed by atoms with E-state index >= 15 is 0 Å². The van der Waals surface area contributed by atoms with Gasteiger partial charge in [-0.2, -0.15) is 0 Å². The number of quaternary nitrogens is 2. The van der Waals surface area contributed by atoms with Crippen LogP contribution in [0.1, 0.15) is 0 Å². The zero-order valence-corrected chi connectivity index (χ0v) is 17.3. The molecular weight excluding hydrogens is 322 g/mol. The van der Waals surface area contributed by atoms with Gasteiger partial charge in [0.15, 0.2) is 0 Å². The monoisotopic (exact) mass is 357 g/mol. The minimum atomic E-state index is 0.707. The van der Waals surface area contributed by atoms with Gasteiger partial charge in [0.1, 0.15) is 18.9 Å². The van der Waals surface area contributed by atoms with Gasteiger partial charge in [-0.25, -0.2) is 0 Å². The fraction of sp³-hybridized carbons (Fsp3) is 0.455. The van der Waals surface area contributed by atoms with Gasteiger partial charge in [-0.3, -0.25) is 0 Å². The van der Waals surface area contributed by atoms with E-state index < -0.39 is 0 Å². The largest absolute Gasteiger partial charge is 0.486 e. The van der Waals surface area contributed by atoms with E-state index in [9.17, 15) is 0 Å². The first-order valence-corrected chi connectivity index (χ1v) is 9.31. The van der Waals surface area contributed by atoms with Crippen LogP contribution in [0.2, 0.25) is 0 Å². The second-order valence-corrected chi connectivity index (χ2v) is 8.83. The molecule has 4 heteroatoms. The number of likely N-dealkylation sites (N-methyl/N-ethyl adjacent to an activating group) is 2. The summed E-state index contributed by atoms with van der Waals surface area (Å²) in [6.45, 7) is 3.66. The minimum Gasteiger partial charge on any atom is -0.486 e. The van der Waals surface area contributed by atoms with Gasteiger partial charge in [0.25, 0.3) is 0 Å². The number of hydrogen-bond acceptors (Lipinski definition) is 2. The lowest BCUT2D eigenvalue weighted by molar-refractivity contribution is -0.870. The zero-order valence-electron chi connectivity index (χ0n) is 17.3. The highest BCUT2D eigenvalue weighted by molar-refractivity contribution is 5.69. The number of anilines is 2. The number of benzene rings is 2. The third-order valence-corrected chi connectivity index (χ3v) is 4.24. The molecule has 2 rings (SSSR count). The predicted octanol–water partition coefficient (Wildman–Crippen LogP) is 3.62. The minimum absolute atomic E-state index is 0.707. The standard InChI is InChI=1S/C22H35N3O/c1-24(2,3)17-16-23(20-12-8-7-9-13-20)21-14-10-11-15-22(21)26-19-18-25(4,5)6/h7-15H,16-19H2,1-6H3/q+2. The molecule has 0 atom stereocenters. The molecule has 0 heterocycles. The van der Waals surface area contributed by atoms with Crippen LogP contribution < -0.4 is 9.64 Å². The van der Waals surface area contributed by atoms with Gasteiger partial charge in [0.05, 0.1) is 61.1 Å². The van der Waals surface area contributed by atoms with E-state index in [0.29, 0.717) is 6.61 Å². The topological polar surface area (TPSA) is 12.5 Å². The van der Waals surface area contributed by atoms with Crippen molar-refractivity contribution in [3.05, 3.63) is 54.6 Å². The van der Waals surface area contributed by atoms with Crippen molar-refractivity contribution in [2.45, 2.75) is 0 Å². The van der Waals surface area contributed by atoms with Gasteiger partial charge in [-0.1, -0.05) is 30.3 Å². The second kappa shape index (κ2) is 8.56. The molecule has 0 amide bonds. The van der Waals surface area contributed by atoms with Gasteiger partial charge >= 0.3 is 0 Å².